The van der Waals surface area contributed by atoms with Gasteiger partial charge in [-0.25, -0.2) is 9.37 Å². The highest BCUT2D eigenvalue weighted by Gasteiger charge is 2.05. The smallest absolute Gasteiger partial charge is 0.322 e. The second-order valence-corrected chi connectivity index (χ2v) is 3.55. The molecule has 0 aliphatic heterocycles. The molecule has 2 rings (SSSR count). The van der Waals surface area contributed by atoms with Gasteiger partial charge in [-0.3, -0.25) is 0 Å². The van der Waals surface area contributed by atoms with E-state index in [2.05, 4.69) is 9.97 Å². The van der Waals surface area contributed by atoms with Crippen molar-refractivity contribution in [2.45, 2.75) is 13.5 Å². The molecular weight excluding hydrogens is 221 g/mol. The Morgan fingerprint density at radius 2 is 2.18 bits per heavy atom. The fourth-order valence-electron chi connectivity index (χ4n) is 1.36. The van der Waals surface area contributed by atoms with Crippen LogP contribution in [0.1, 0.15) is 11.3 Å². The van der Waals surface area contributed by atoms with Crippen LogP contribution >= 0.6 is 0 Å². The Balaban J connectivity index is 2.25. The highest BCUT2D eigenvalue weighted by Crippen LogP contribution is 2.22. The van der Waals surface area contributed by atoms with Crippen LogP contribution in [0.5, 0.6) is 11.8 Å². The zero-order chi connectivity index (χ0) is 12.3. The zero-order valence-corrected chi connectivity index (χ0v) is 9.35. The number of benzene rings is 1. The molecule has 88 valence electrons. The number of aryl methyl sites for hydroxylation is 1. The summed E-state index contributed by atoms with van der Waals surface area (Å²) in [5.74, 6) is 0.229. The maximum absolute atomic E-state index is 12.9. The molecule has 2 aromatic rings. The molecule has 0 saturated carbocycles. The van der Waals surface area contributed by atoms with Crippen molar-refractivity contribution < 1.29 is 9.13 Å². The Morgan fingerprint density at radius 3 is 2.88 bits per heavy atom. The molecule has 0 bridgehead atoms. The number of hydrogen-bond donors (Lipinski definition) is 1. The van der Waals surface area contributed by atoms with Gasteiger partial charge in [-0.1, -0.05) is 0 Å². The monoisotopic (exact) mass is 233 g/mol. The number of ether oxygens (including phenoxy) is 1. The molecule has 0 aliphatic carbocycles. The second-order valence-electron chi connectivity index (χ2n) is 3.55. The second kappa shape index (κ2) is 4.88. The van der Waals surface area contributed by atoms with Gasteiger partial charge in [0.2, 0.25) is 0 Å². The first kappa shape index (κ1) is 11.5. The summed E-state index contributed by atoms with van der Waals surface area (Å²) in [6.07, 6.45) is 1.57. The number of nitrogens with zero attached hydrogens (tertiary/aromatic N) is 2. The normalized spacial score (nSPS) is 10.3. The van der Waals surface area contributed by atoms with Crippen molar-refractivity contribution in [3.05, 3.63) is 47.5 Å². The van der Waals surface area contributed by atoms with E-state index >= 15 is 0 Å². The van der Waals surface area contributed by atoms with Crippen molar-refractivity contribution in [1.82, 2.24) is 9.97 Å². The summed E-state index contributed by atoms with van der Waals surface area (Å²) in [7, 11) is 0. The third kappa shape index (κ3) is 2.76. The molecule has 0 atom stereocenters. The number of nitrogens with two attached hydrogens (primary N) is 1. The summed E-state index contributed by atoms with van der Waals surface area (Å²) in [4.78, 5) is 8.06. The number of hydrogen-bond acceptors (Lipinski definition) is 4. The quantitative estimate of drug-likeness (QED) is 0.882. The van der Waals surface area contributed by atoms with Crippen LogP contribution in [-0.2, 0) is 6.54 Å². The number of aromatic nitrogens is 2. The van der Waals surface area contributed by atoms with Crippen LogP contribution < -0.4 is 10.5 Å². The Bertz CT molecular complexity index is 531. The fourth-order valence-corrected chi connectivity index (χ4v) is 1.36. The molecule has 1 aromatic carbocycles. The van der Waals surface area contributed by atoms with Crippen molar-refractivity contribution in [3.63, 3.8) is 0 Å². The molecule has 1 aromatic heterocycles. The average Bonchev–Trinajstić information content (AvgIpc) is 2.33. The minimum atomic E-state index is -0.300. The minimum absolute atomic E-state index is 0.211. The van der Waals surface area contributed by atoms with Crippen LogP contribution in [0.4, 0.5) is 4.39 Å². The van der Waals surface area contributed by atoms with Gasteiger partial charge in [-0.15, -0.1) is 0 Å². The van der Waals surface area contributed by atoms with E-state index in [0.717, 1.165) is 0 Å². The standard InChI is InChI=1S/C12H12FN3O/c1-8-6-9(13)2-3-11(8)17-12-15-5-4-10(7-14)16-12/h2-6H,7,14H2,1H3. The summed E-state index contributed by atoms with van der Waals surface area (Å²) in [5, 5.41) is 0. The van der Waals surface area contributed by atoms with E-state index in [1.807, 2.05) is 0 Å². The Hall–Kier alpha value is -2.01. The van der Waals surface area contributed by atoms with E-state index in [-0.39, 0.29) is 11.8 Å². The van der Waals surface area contributed by atoms with E-state index in [4.69, 9.17) is 10.5 Å². The summed E-state index contributed by atoms with van der Waals surface area (Å²) < 4.78 is 18.4. The predicted molar refractivity (Wildman–Crippen MR) is 61.1 cm³/mol. The van der Waals surface area contributed by atoms with Crippen LogP contribution in [0.2, 0.25) is 0 Å². The van der Waals surface area contributed by atoms with Crippen molar-refractivity contribution in [2.75, 3.05) is 0 Å². The summed E-state index contributed by atoms with van der Waals surface area (Å²) in [5.41, 5.74) is 6.84. The predicted octanol–water partition coefficient (Wildman–Crippen LogP) is 2.18. The molecule has 0 radical (unpaired) electrons. The van der Waals surface area contributed by atoms with Gasteiger partial charge >= 0.3 is 6.01 Å². The molecule has 0 unspecified atom stereocenters. The molecule has 17 heavy (non-hydrogen) atoms. The maximum Gasteiger partial charge on any atom is 0.322 e. The molecule has 0 saturated heterocycles. The average molecular weight is 233 g/mol. The highest BCUT2D eigenvalue weighted by molar-refractivity contribution is 5.34. The lowest BCUT2D eigenvalue weighted by Gasteiger charge is -2.07. The van der Waals surface area contributed by atoms with Gasteiger partial charge < -0.3 is 10.5 Å². The molecule has 5 heteroatoms. The van der Waals surface area contributed by atoms with Gasteiger partial charge in [0.1, 0.15) is 11.6 Å². The van der Waals surface area contributed by atoms with Gasteiger partial charge in [0.05, 0.1) is 5.69 Å². The third-order valence-electron chi connectivity index (χ3n) is 2.24. The van der Waals surface area contributed by atoms with Crippen LogP contribution in [0.25, 0.3) is 0 Å². The third-order valence-corrected chi connectivity index (χ3v) is 2.24. The highest BCUT2D eigenvalue weighted by atomic mass is 19.1. The van der Waals surface area contributed by atoms with Crippen molar-refractivity contribution in [1.29, 1.82) is 0 Å². The van der Waals surface area contributed by atoms with Gasteiger partial charge in [0.15, 0.2) is 0 Å². The topological polar surface area (TPSA) is 61.0 Å². The SMILES string of the molecule is Cc1cc(F)ccc1Oc1nccc(CN)n1. The van der Waals surface area contributed by atoms with E-state index in [1.54, 1.807) is 25.3 Å². The van der Waals surface area contributed by atoms with Crippen molar-refractivity contribution >= 4 is 0 Å². The first-order chi connectivity index (χ1) is 8.19. The van der Waals surface area contributed by atoms with Gasteiger partial charge in [0.25, 0.3) is 0 Å². The van der Waals surface area contributed by atoms with E-state index in [1.165, 1.54) is 12.1 Å². The first-order valence-corrected chi connectivity index (χ1v) is 5.15. The molecular formula is C12H12FN3O. The van der Waals surface area contributed by atoms with Crippen molar-refractivity contribution in [2.24, 2.45) is 5.73 Å². The molecule has 0 spiro atoms. The molecule has 0 aliphatic rings. The van der Waals surface area contributed by atoms with Crippen LogP contribution in [0.15, 0.2) is 30.5 Å². The van der Waals surface area contributed by atoms with E-state index in [0.29, 0.717) is 23.6 Å². The van der Waals surface area contributed by atoms with Crippen molar-refractivity contribution in [3.8, 4) is 11.8 Å². The number of halogens is 1. The van der Waals surface area contributed by atoms with Gasteiger partial charge in [0, 0.05) is 12.7 Å². The van der Waals surface area contributed by atoms with E-state index in [9.17, 15) is 4.39 Å². The zero-order valence-electron chi connectivity index (χ0n) is 9.35. The maximum atomic E-state index is 12.9. The molecule has 1 heterocycles. The van der Waals surface area contributed by atoms with Crippen LogP contribution in [0.3, 0.4) is 0 Å². The summed E-state index contributed by atoms with van der Waals surface area (Å²) >= 11 is 0. The number of rotatable bonds is 3. The molecule has 4 nitrogen and oxygen atoms in total. The first-order valence-electron chi connectivity index (χ1n) is 5.15. The lowest BCUT2D eigenvalue weighted by atomic mass is 10.2. The Labute approximate surface area is 98.3 Å². The summed E-state index contributed by atoms with van der Waals surface area (Å²) in [6.45, 7) is 2.08. The summed E-state index contributed by atoms with van der Waals surface area (Å²) in [6, 6.07) is 6.19. The van der Waals surface area contributed by atoms with Crippen LogP contribution in [-0.4, -0.2) is 9.97 Å². The largest absolute Gasteiger partial charge is 0.424 e. The molecule has 0 fully saturated rings. The molecule has 0 amide bonds. The lowest BCUT2D eigenvalue weighted by Crippen LogP contribution is -2.02. The van der Waals surface area contributed by atoms with Crippen LogP contribution in [0, 0.1) is 12.7 Å². The van der Waals surface area contributed by atoms with Gasteiger partial charge in [-0.2, -0.15) is 4.98 Å². The van der Waals surface area contributed by atoms with E-state index < -0.39 is 0 Å². The minimum Gasteiger partial charge on any atom is -0.424 e. The Morgan fingerprint density at radius 1 is 1.35 bits per heavy atom. The Kier molecular flexibility index (Phi) is 3.30. The van der Waals surface area contributed by atoms with Gasteiger partial charge in [-0.05, 0) is 36.8 Å². The fraction of sp³-hybridized carbons (Fsp3) is 0.167. The molecule has 2 N–H and O–H groups in total. The lowest BCUT2D eigenvalue weighted by molar-refractivity contribution is 0.435.